The molecule has 1 fully saturated rings. The Kier molecular flexibility index (Phi) is 3.31. The molecule has 4 rings (SSSR count). The van der Waals surface area contributed by atoms with E-state index in [1.807, 2.05) is 6.07 Å². The second-order valence-corrected chi connectivity index (χ2v) is 6.64. The van der Waals surface area contributed by atoms with Crippen molar-refractivity contribution in [3.05, 3.63) is 47.2 Å². The fourth-order valence-corrected chi connectivity index (χ4v) is 4.48. The van der Waals surface area contributed by atoms with Gasteiger partial charge in [-0.3, -0.25) is 9.69 Å². The third-order valence-corrected chi connectivity index (χ3v) is 5.57. The predicted molar refractivity (Wildman–Crippen MR) is 90.3 cm³/mol. The number of ether oxygens (including phenoxy) is 1. The van der Waals surface area contributed by atoms with Crippen LogP contribution < -0.4 is 0 Å². The van der Waals surface area contributed by atoms with Crippen LogP contribution in [0.1, 0.15) is 36.6 Å². The number of benzene rings is 1. The van der Waals surface area contributed by atoms with Crippen LogP contribution >= 0.6 is 0 Å². The molecule has 0 amide bonds. The number of aromatic nitrogens is 1. The van der Waals surface area contributed by atoms with E-state index in [4.69, 9.17) is 4.74 Å². The molecular formula is C19H22N2O2. The van der Waals surface area contributed by atoms with E-state index in [0.29, 0.717) is 6.04 Å². The first-order chi connectivity index (χ1) is 11.2. The molecule has 1 aromatic carbocycles. The fourth-order valence-electron chi connectivity index (χ4n) is 4.48. The van der Waals surface area contributed by atoms with Crippen LogP contribution in [0.15, 0.2) is 35.9 Å². The van der Waals surface area contributed by atoms with E-state index in [0.717, 1.165) is 24.2 Å². The summed E-state index contributed by atoms with van der Waals surface area (Å²) in [6.07, 6.45) is 3.14. The molecule has 1 aromatic heterocycles. The van der Waals surface area contributed by atoms with Gasteiger partial charge in [-0.15, -0.1) is 0 Å². The lowest BCUT2D eigenvalue weighted by atomic mass is 9.69. The number of likely N-dealkylation sites (tertiary alicyclic amines) is 1. The Hall–Kier alpha value is -2.07. The summed E-state index contributed by atoms with van der Waals surface area (Å²) in [4.78, 5) is 18.5. The number of carbonyl (C=O) groups is 1. The van der Waals surface area contributed by atoms with E-state index in [9.17, 15) is 4.79 Å². The summed E-state index contributed by atoms with van der Waals surface area (Å²) in [6, 6.07) is 8.69. The zero-order valence-corrected chi connectivity index (χ0v) is 13.8. The lowest BCUT2D eigenvalue weighted by Gasteiger charge is -2.45. The number of methoxy groups -OCH3 is 1. The first kappa shape index (κ1) is 14.5. The average Bonchev–Trinajstić information content (AvgIpc) is 2.96. The van der Waals surface area contributed by atoms with E-state index in [-0.39, 0.29) is 17.8 Å². The molecule has 2 aliphatic rings. The Morgan fingerprint density at radius 2 is 2.17 bits per heavy atom. The number of para-hydroxylation sites is 1. The summed E-state index contributed by atoms with van der Waals surface area (Å²) < 4.78 is 5.15. The quantitative estimate of drug-likeness (QED) is 0.649. The lowest BCUT2D eigenvalue weighted by molar-refractivity contribution is -0.144. The molecule has 2 aromatic rings. The Balaban J connectivity index is 1.99. The van der Waals surface area contributed by atoms with Crippen LogP contribution in [0.2, 0.25) is 0 Å². The van der Waals surface area contributed by atoms with Crippen molar-refractivity contribution in [2.24, 2.45) is 5.92 Å². The molecule has 4 heteroatoms. The highest BCUT2D eigenvalue weighted by Gasteiger charge is 2.47. The molecule has 23 heavy (non-hydrogen) atoms. The van der Waals surface area contributed by atoms with E-state index < -0.39 is 0 Å². The molecule has 4 nitrogen and oxygen atoms in total. The second kappa shape index (κ2) is 5.24. The zero-order chi connectivity index (χ0) is 16.1. The van der Waals surface area contributed by atoms with Gasteiger partial charge in [0.1, 0.15) is 5.92 Å². The third-order valence-electron chi connectivity index (χ3n) is 5.57. The lowest BCUT2D eigenvalue weighted by Crippen LogP contribution is -2.43. The molecule has 120 valence electrons. The molecule has 0 spiro atoms. The van der Waals surface area contributed by atoms with Gasteiger partial charge in [-0.25, -0.2) is 0 Å². The number of carbonyl (C=O) groups excluding carboxylic acids is 1. The van der Waals surface area contributed by atoms with Crippen LogP contribution in [0, 0.1) is 5.92 Å². The molecule has 3 atom stereocenters. The van der Waals surface area contributed by atoms with Gasteiger partial charge in [0, 0.05) is 35.1 Å². The predicted octanol–water partition coefficient (Wildman–Crippen LogP) is 3.38. The Morgan fingerprint density at radius 3 is 2.91 bits per heavy atom. The van der Waals surface area contributed by atoms with Crippen LogP contribution in [0.25, 0.3) is 10.9 Å². The van der Waals surface area contributed by atoms with Gasteiger partial charge in [-0.05, 0) is 32.0 Å². The van der Waals surface area contributed by atoms with E-state index >= 15 is 0 Å². The van der Waals surface area contributed by atoms with Crippen LogP contribution in [0.3, 0.4) is 0 Å². The van der Waals surface area contributed by atoms with Gasteiger partial charge in [0.2, 0.25) is 0 Å². The number of esters is 1. The monoisotopic (exact) mass is 310 g/mol. The molecular weight excluding hydrogens is 288 g/mol. The van der Waals surface area contributed by atoms with Crippen LogP contribution in [0.5, 0.6) is 0 Å². The molecule has 2 bridgehead atoms. The minimum absolute atomic E-state index is 0.134. The number of nitrogens with one attached hydrogen (secondary N) is 1. The molecule has 1 saturated heterocycles. The number of nitrogens with zero attached hydrogens (tertiary/aromatic N) is 1. The van der Waals surface area contributed by atoms with E-state index in [1.165, 1.54) is 23.6 Å². The van der Waals surface area contributed by atoms with Crippen LogP contribution in [-0.2, 0) is 9.53 Å². The van der Waals surface area contributed by atoms with Gasteiger partial charge in [0.25, 0.3) is 0 Å². The Bertz CT molecular complexity index is 805. The second-order valence-electron chi connectivity index (χ2n) is 6.64. The molecule has 1 N–H and O–H groups in total. The van der Waals surface area contributed by atoms with Crippen molar-refractivity contribution in [3.8, 4) is 0 Å². The van der Waals surface area contributed by atoms with Gasteiger partial charge < -0.3 is 9.72 Å². The van der Waals surface area contributed by atoms with E-state index in [2.05, 4.69) is 48.1 Å². The summed E-state index contributed by atoms with van der Waals surface area (Å²) in [6.45, 7) is 2.98. The number of allylic oxidation sites excluding steroid dienone is 1. The Labute approximate surface area is 136 Å². The summed E-state index contributed by atoms with van der Waals surface area (Å²) in [5, 5.41) is 1.23. The highest BCUT2D eigenvalue weighted by atomic mass is 16.5. The maximum atomic E-state index is 12.6. The fraction of sp³-hybridized carbons (Fsp3) is 0.421. The number of hydrogen-bond donors (Lipinski definition) is 1. The van der Waals surface area contributed by atoms with Crippen molar-refractivity contribution in [3.63, 3.8) is 0 Å². The molecule has 2 heterocycles. The number of fused-ring (bicyclic) bond motifs is 6. The number of H-pyrrole nitrogens is 1. The van der Waals surface area contributed by atoms with Crippen LogP contribution in [0.4, 0.5) is 0 Å². The normalized spacial score (nSPS) is 28.8. The van der Waals surface area contributed by atoms with Crippen molar-refractivity contribution >= 4 is 16.9 Å². The highest BCUT2D eigenvalue weighted by molar-refractivity contribution is 5.90. The smallest absolute Gasteiger partial charge is 0.315 e. The van der Waals surface area contributed by atoms with Gasteiger partial charge >= 0.3 is 5.97 Å². The third kappa shape index (κ3) is 1.98. The van der Waals surface area contributed by atoms with Crippen molar-refractivity contribution in [2.45, 2.75) is 25.3 Å². The minimum atomic E-state index is -0.224. The summed E-state index contributed by atoms with van der Waals surface area (Å²) in [5.74, 6) is -0.127. The Morgan fingerprint density at radius 1 is 1.39 bits per heavy atom. The van der Waals surface area contributed by atoms with Crippen molar-refractivity contribution in [2.75, 3.05) is 20.7 Å². The highest BCUT2D eigenvalue weighted by Crippen LogP contribution is 2.52. The maximum absolute atomic E-state index is 12.6. The average molecular weight is 310 g/mol. The first-order valence-electron chi connectivity index (χ1n) is 8.19. The van der Waals surface area contributed by atoms with E-state index in [1.54, 1.807) is 0 Å². The van der Waals surface area contributed by atoms with Gasteiger partial charge in [-0.2, -0.15) is 0 Å². The number of piperidine rings is 1. The van der Waals surface area contributed by atoms with Crippen LogP contribution in [-0.4, -0.2) is 36.6 Å². The largest absolute Gasteiger partial charge is 0.468 e. The van der Waals surface area contributed by atoms with Crippen molar-refractivity contribution < 1.29 is 9.53 Å². The summed E-state index contributed by atoms with van der Waals surface area (Å²) in [5.41, 5.74) is 4.77. The van der Waals surface area contributed by atoms with Crippen molar-refractivity contribution in [1.29, 1.82) is 0 Å². The van der Waals surface area contributed by atoms with Gasteiger partial charge in [-0.1, -0.05) is 29.8 Å². The van der Waals surface area contributed by atoms with Gasteiger partial charge in [0.05, 0.1) is 7.11 Å². The maximum Gasteiger partial charge on any atom is 0.315 e. The minimum Gasteiger partial charge on any atom is -0.468 e. The number of hydrogen-bond acceptors (Lipinski definition) is 3. The number of likely N-dealkylation sites (N-methyl/N-ethyl adjacent to an activating group) is 1. The SMILES string of the molecule is C/C=C1\CN(C)[C@@H]2C[C@H]1[C@H](C(=O)OC)c1[nH]c3ccccc3c12. The standard InChI is InChI=1S/C19H22N2O2/c1-4-11-10-21(2)15-9-13(11)17(19(22)23-3)18-16(15)12-7-5-6-8-14(12)20-18/h4-8,13,15,17,20H,9-10H2,1-3H3/b11-4+/t13-,15-,17+/m1/s1. The topological polar surface area (TPSA) is 45.3 Å². The molecule has 0 radical (unpaired) electrons. The molecule has 0 unspecified atom stereocenters. The number of aromatic amines is 1. The summed E-state index contributed by atoms with van der Waals surface area (Å²) >= 11 is 0. The molecule has 1 aliphatic carbocycles. The number of rotatable bonds is 1. The van der Waals surface area contributed by atoms with Gasteiger partial charge in [0.15, 0.2) is 0 Å². The molecule has 0 saturated carbocycles. The van der Waals surface area contributed by atoms with Crippen molar-refractivity contribution in [1.82, 2.24) is 9.88 Å². The molecule has 1 aliphatic heterocycles. The summed E-state index contributed by atoms with van der Waals surface area (Å²) in [7, 11) is 3.66. The first-order valence-corrected chi connectivity index (χ1v) is 8.19. The zero-order valence-electron chi connectivity index (χ0n) is 13.8.